The highest BCUT2D eigenvalue weighted by molar-refractivity contribution is 14.2. The zero-order valence-corrected chi connectivity index (χ0v) is 13.7. The Labute approximate surface area is 132 Å². The Kier molecular flexibility index (Phi) is 5.12. The molecule has 0 unspecified atom stereocenters. The molecule has 0 N–H and O–H groups in total. The number of sulfonamides is 1. The first-order valence-electron chi connectivity index (χ1n) is 5.84. The van der Waals surface area contributed by atoms with Crippen molar-refractivity contribution in [1.29, 1.82) is 0 Å². The summed E-state index contributed by atoms with van der Waals surface area (Å²) in [6, 6.07) is 14.7. The maximum atomic E-state index is 11.9. The van der Waals surface area contributed by atoms with Crippen LogP contribution in [0.25, 0.3) is 0 Å². The number of hydrogen-bond donors (Lipinski definition) is 0. The highest BCUT2D eigenvalue weighted by Gasteiger charge is 2.11. The second-order valence-electron chi connectivity index (χ2n) is 4.10. The third-order valence-corrected chi connectivity index (χ3v) is 7.11. The molecule has 0 aliphatic rings. The summed E-state index contributed by atoms with van der Waals surface area (Å²) in [7, 11) is -3.56. The summed E-state index contributed by atoms with van der Waals surface area (Å²) in [4.78, 5) is 10.0. The average Bonchev–Trinajstić information content (AvgIpc) is 2.46. The lowest BCUT2D eigenvalue weighted by Crippen LogP contribution is -1.99. The van der Waals surface area contributed by atoms with Gasteiger partial charge in [0.25, 0.3) is 15.7 Å². The number of rotatable bonds is 5. The van der Waals surface area contributed by atoms with Crippen LogP contribution >= 0.6 is 21.0 Å². The molecule has 0 saturated carbocycles. The summed E-state index contributed by atoms with van der Waals surface area (Å²) in [5.41, 5.74) is 0.422. The molecule has 0 aliphatic heterocycles. The van der Waals surface area contributed by atoms with E-state index in [4.69, 9.17) is 0 Å². The van der Waals surface area contributed by atoms with Crippen molar-refractivity contribution >= 4 is 36.7 Å². The molecule has 0 aromatic heterocycles. The Bertz CT molecular complexity index is 759. The molecule has 110 valence electrons. The van der Waals surface area contributed by atoms with Crippen LogP contribution < -0.4 is 0 Å². The number of hydrogen-bond acceptors (Lipinski definition) is 4. The normalized spacial score (nSPS) is 12.0. The van der Waals surface area contributed by atoms with E-state index in [9.17, 15) is 18.5 Å². The van der Waals surface area contributed by atoms with E-state index in [0.29, 0.717) is 5.56 Å². The van der Waals surface area contributed by atoms with Crippen LogP contribution in [0.2, 0.25) is 0 Å². The van der Waals surface area contributed by atoms with Crippen molar-refractivity contribution in [3.8, 4) is 0 Å². The Morgan fingerprint density at radius 3 is 2.24 bits per heavy atom. The minimum atomic E-state index is -3.56. The van der Waals surface area contributed by atoms with E-state index in [0.717, 1.165) is 3.57 Å². The van der Waals surface area contributed by atoms with Crippen LogP contribution in [0.3, 0.4) is 0 Å². The molecule has 0 amide bonds. The van der Waals surface area contributed by atoms with Gasteiger partial charge < -0.3 is 0 Å². The van der Waals surface area contributed by atoms with Gasteiger partial charge in [-0.3, -0.25) is 10.1 Å². The molecule has 0 heterocycles. The van der Waals surface area contributed by atoms with Crippen LogP contribution in [-0.4, -0.2) is 13.3 Å². The molecule has 8 heteroatoms. The maximum Gasteiger partial charge on any atom is 0.269 e. The Balaban J connectivity index is 2.10. The maximum absolute atomic E-state index is 11.9. The summed E-state index contributed by atoms with van der Waals surface area (Å²) in [5.74, 6) is -0.239. The standard InChI is InChI=1S/C13H11IN2O4S/c17-16(18)13-8-6-11(7-9-13)10-21(19,20)15-14-12-4-2-1-3-5-12/h1-9H,10H2. The minimum absolute atomic E-state index is 0.0650. The zero-order chi connectivity index (χ0) is 15.3. The molecule has 21 heavy (non-hydrogen) atoms. The van der Waals surface area contributed by atoms with Gasteiger partial charge in [0.15, 0.2) is 0 Å². The monoisotopic (exact) mass is 418 g/mol. The highest BCUT2D eigenvalue weighted by Crippen LogP contribution is 2.19. The fourth-order valence-electron chi connectivity index (χ4n) is 1.51. The molecular weight excluding hydrogens is 407 g/mol. The van der Waals surface area contributed by atoms with E-state index in [-0.39, 0.29) is 11.4 Å². The van der Waals surface area contributed by atoms with Crippen LogP contribution in [0.15, 0.2) is 57.1 Å². The van der Waals surface area contributed by atoms with Crippen molar-refractivity contribution in [2.45, 2.75) is 5.75 Å². The first kappa shape index (κ1) is 15.7. The summed E-state index contributed by atoms with van der Waals surface area (Å²) in [5, 5.41) is 10.5. The second kappa shape index (κ2) is 6.85. The Hall–Kier alpha value is -1.68. The van der Waals surface area contributed by atoms with Crippen molar-refractivity contribution in [3.05, 3.63) is 73.8 Å². The van der Waals surface area contributed by atoms with Gasteiger partial charge in [0.05, 0.1) is 10.7 Å². The molecule has 2 aromatic carbocycles. The lowest BCUT2D eigenvalue weighted by molar-refractivity contribution is -0.384. The van der Waals surface area contributed by atoms with Crippen LogP contribution in [0, 0.1) is 13.7 Å². The number of nitro benzene ring substituents is 1. The smallest absolute Gasteiger partial charge is 0.258 e. The quantitative estimate of drug-likeness (QED) is 0.423. The molecular formula is C13H11IN2O4S. The van der Waals surface area contributed by atoms with Crippen molar-refractivity contribution in [2.75, 3.05) is 0 Å². The lowest BCUT2D eigenvalue weighted by atomic mass is 10.2. The lowest BCUT2D eigenvalue weighted by Gasteiger charge is -1.99. The van der Waals surface area contributed by atoms with Crippen LogP contribution in [0.5, 0.6) is 0 Å². The third-order valence-electron chi connectivity index (χ3n) is 2.47. The molecule has 2 aromatic rings. The number of nitro groups is 1. The van der Waals surface area contributed by atoms with Gasteiger partial charge in [-0.25, -0.2) is 8.42 Å². The van der Waals surface area contributed by atoms with Crippen molar-refractivity contribution < 1.29 is 13.3 Å². The zero-order valence-electron chi connectivity index (χ0n) is 10.7. The number of nitrogens with zero attached hydrogens (tertiary/aromatic N) is 2. The highest BCUT2D eigenvalue weighted by atomic mass is 127. The van der Waals surface area contributed by atoms with Crippen molar-refractivity contribution in [1.82, 2.24) is 0 Å². The first-order valence-corrected chi connectivity index (χ1v) is 9.49. The average molecular weight is 418 g/mol. The second-order valence-corrected chi connectivity index (χ2v) is 8.60. The fourth-order valence-corrected chi connectivity index (χ4v) is 5.10. The number of benzene rings is 2. The molecule has 0 atom stereocenters. The van der Waals surface area contributed by atoms with Crippen molar-refractivity contribution in [3.63, 3.8) is 0 Å². The molecule has 0 spiro atoms. The first-order chi connectivity index (χ1) is 9.96. The van der Waals surface area contributed by atoms with Crippen LogP contribution in [-0.2, 0) is 15.8 Å². The Morgan fingerprint density at radius 1 is 1.05 bits per heavy atom. The van der Waals surface area contributed by atoms with Crippen LogP contribution in [0.1, 0.15) is 5.56 Å². The number of non-ortho nitro benzene ring substituents is 1. The molecule has 0 fully saturated rings. The van der Waals surface area contributed by atoms with Crippen LogP contribution in [0.4, 0.5) is 5.69 Å². The van der Waals surface area contributed by atoms with Gasteiger partial charge in [-0.2, -0.15) is 0 Å². The van der Waals surface area contributed by atoms with E-state index in [1.54, 1.807) is 0 Å². The van der Waals surface area contributed by atoms with E-state index >= 15 is 0 Å². The predicted octanol–water partition coefficient (Wildman–Crippen LogP) is 3.45. The molecule has 0 aliphatic carbocycles. The van der Waals surface area contributed by atoms with E-state index < -0.39 is 36.0 Å². The molecule has 6 nitrogen and oxygen atoms in total. The van der Waals surface area contributed by atoms with Gasteiger partial charge in [-0.1, -0.05) is 30.3 Å². The van der Waals surface area contributed by atoms with Gasteiger partial charge in [0, 0.05) is 36.7 Å². The van der Waals surface area contributed by atoms with Gasteiger partial charge in [0.1, 0.15) is 0 Å². The van der Waals surface area contributed by atoms with Gasteiger partial charge in [0.2, 0.25) is 0 Å². The SMILES string of the molecule is O=[N+]([O-])c1ccc(CS(=O)(=O)N=Ic2ccccc2)cc1. The summed E-state index contributed by atoms with van der Waals surface area (Å²) in [6.45, 7) is 0. The molecule has 2 rings (SSSR count). The van der Waals surface area contributed by atoms with E-state index in [2.05, 4.69) is 2.55 Å². The van der Waals surface area contributed by atoms with Crippen molar-refractivity contribution in [2.24, 2.45) is 2.55 Å². The fraction of sp³-hybridized carbons (Fsp3) is 0.0769. The minimum Gasteiger partial charge on any atom is -0.258 e. The summed E-state index contributed by atoms with van der Waals surface area (Å²) >= 11 is -0.949. The third kappa shape index (κ3) is 4.97. The topological polar surface area (TPSA) is 89.6 Å². The predicted molar refractivity (Wildman–Crippen MR) is 87.3 cm³/mol. The largest absolute Gasteiger partial charge is 0.269 e. The number of halogens is 1. The van der Waals surface area contributed by atoms with Gasteiger partial charge in [-0.15, -0.1) is 2.55 Å². The Morgan fingerprint density at radius 2 is 1.67 bits per heavy atom. The molecule has 0 bridgehead atoms. The van der Waals surface area contributed by atoms with E-state index in [1.165, 1.54) is 24.3 Å². The molecule has 0 radical (unpaired) electrons. The van der Waals surface area contributed by atoms with E-state index in [1.807, 2.05) is 30.3 Å². The summed E-state index contributed by atoms with van der Waals surface area (Å²) < 4.78 is 28.6. The molecule has 0 saturated heterocycles. The summed E-state index contributed by atoms with van der Waals surface area (Å²) in [6.07, 6.45) is 0. The van der Waals surface area contributed by atoms with Gasteiger partial charge in [-0.05, 0) is 17.7 Å². The van der Waals surface area contributed by atoms with Gasteiger partial charge >= 0.3 is 0 Å².